The van der Waals surface area contributed by atoms with E-state index in [-0.39, 0.29) is 10.4 Å². The van der Waals surface area contributed by atoms with Gasteiger partial charge in [-0.1, -0.05) is 0 Å². The predicted octanol–water partition coefficient (Wildman–Crippen LogP) is -0.434. The van der Waals surface area contributed by atoms with E-state index in [4.69, 9.17) is 11.1 Å². The molecule has 0 fully saturated rings. The standard InChI is InChI=1S/C11H7F2N5O2/c1-5-10(19)17(15)11(20)18(16-5)9-3-7(12)6(4-14)2-8(9)13/h2-3H,15H2,1H3. The average Bonchev–Trinajstić information content (AvgIpc) is 2.42. The van der Waals surface area contributed by atoms with Gasteiger partial charge in [-0.3, -0.25) is 4.79 Å². The summed E-state index contributed by atoms with van der Waals surface area (Å²) in [4.78, 5) is 23.1. The number of hydrogen-bond acceptors (Lipinski definition) is 5. The first-order valence-electron chi connectivity index (χ1n) is 5.24. The summed E-state index contributed by atoms with van der Waals surface area (Å²) in [7, 11) is 0. The van der Waals surface area contributed by atoms with Crippen LogP contribution >= 0.6 is 0 Å². The minimum atomic E-state index is -1.14. The van der Waals surface area contributed by atoms with Crippen LogP contribution in [0.25, 0.3) is 5.69 Å². The summed E-state index contributed by atoms with van der Waals surface area (Å²) in [5, 5.41) is 12.1. The number of benzene rings is 1. The summed E-state index contributed by atoms with van der Waals surface area (Å²) in [6, 6.07) is 2.71. The Hall–Kier alpha value is -3.02. The highest BCUT2D eigenvalue weighted by Gasteiger charge is 2.16. The zero-order valence-electron chi connectivity index (χ0n) is 10.1. The number of rotatable bonds is 1. The average molecular weight is 279 g/mol. The lowest BCUT2D eigenvalue weighted by molar-refractivity contribution is 0.567. The molecule has 2 N–H and O–H groups in total. The first-order valence-corrected chi connectivity index (χ1v) is 5.24. The number of nitriles is 1. The smallest absolute Gasteiger partial charge is 0.332 e. The van der Waals surface area contributed by atoms with E-state index in [2.05, 4.69) is 5.10 Å². The molecule has 0 bridgehead atoms. The molecule has 0 radical (unpaired) electrons. The number of nitrogen functional groups attached to an aromatic ring is 1. The summed E-state index contributed by atoms with van der Waals surface area (Å²) in [5.74, 6) is 3.16. The molecule has 1 heterocycles. The van der Waals surface area contributed by atoms with Crippen LogP contribution in [-0.2, 0) is 0 Å². The Morgan fingerprint density at radius 1 is 1.30 bits per heavy atom. The molecule has 2 rings (SSSR count). The molecule has 1 aromatic heterocycles. The third kappa shape index (κ3) is 1.93. The molecule has 1 aromatic carbocycles. The van der Waals surface area contributed by atoms with Crippen LogP contribution in [0.3, 0.4) is 0 Å². The topological polar surface area (TPSA) is 107 Å². The molecule has 102 valence electrons. The largest absolute Gasteiger partial charge is 0.371 e. The van der Waals surface area contributed by atoms with E-state index in [0.29, 0.717) is 16.8 Å². The van der Waals surface area contributed by atoms with Crippen molar-refractivity contribution in [3.8, 4) is 11.8 Å². The lowest BCUT2D eigenvalue weighted by atomic mass is 10.2. The van der Waals surface area contributed by atoms with Crippen molar-refractivity contribution in [2.24, 2.45) is 0 Å². The molecule has 2 aromatic rings. The van der Waals surface area contributed by atoms with Gasteiger partial charge in [0, 0.05) is 6.07 Å². The summed E-state index contributed by atoms with van der Waals surface area (Å²) in [5.41, 5.74) is -3.22. The van der Waals surface area contributed by atoms with Crippen LogP contribution in [0.15, 0.2) is 21.7 Å². The number of nitrogens with two attached hydrogens (primary N) is 1. The molecule has 0 aliphatic rings. The Morgan fingerprint density at radius 3 is 2.55 bits per heavy atom. The van der Waals surface area contributed by atoms with Gasteiger partial charge in [0.25, 0.3) is 5.56 Å². The van der Waals surface area contributed by atoms with E-state index >= 15 is 0 Å². The third-order valence-electron chi connectivity index (χ3n) is 2.55. The second-order valence-electron chi connectivity index (χ2n) is 3.85. The molecule has 20 heavy (non-hydrogen) atoms. The van der Waals surface area contributed by atoms with Gasteiger partial charge in [0.05, 0.1) is 5.56 Å². The van der Waals surface area contributed by atoms with E-state index in [1.54, 1.807) is 0 Å². The second kappa shape index (κ2) is 4.58. The Morgan fingerprint density at radius 2 is 1.95 bits per heavy atom. The van der Waals surface area contributed by atoms with Gasteiger partial charge in [-0.2, -0.15) is 19.7 Å². The lowest BCUT2D eigenvalue weighted by Crippen LogP contribution is -2.46. The van der Waals surface area contributed by atoms with Crippen molar-refractivity contribution in [1.82, 2.24) is 14.5 Å². The zero-order chi connectivity index (χ0) is 15.0. The van der Waals surface area contributed by atoms with Crippen molar-refractivity contribution in [2.75, 3.05) is 5.84 Å². The summed E-state index contributed by atoms with van der Waals surface area (Å²) >= 11 is 0. The molecule has 0 unspecified atom stereocenters. The maximum absolute atomic E-state index is 13.8. The second-order valence-corrected chi connectivity index (χ2v) is 3.85. The van der Waals surface area contributed by atoms with Gasteiger partial charge in [-0.05, 0) is 13.0 Å². The van der Waals surface area contributed by atoms with Crippen molar-refractivity contribution < 1.29 is 8.78 Å². The van der Waals surface area contributed by atoms with E-state index in [0.717, 1.165) is 0 Å². The number of aryl methyl sites for hydroxylation is 1. The Balaban J connectivity index is 2.84. The molecule has 9 heteroatoms. The number of aromatic nitrogens is 3. The molecule has 0 spiro atoms. The number of hydrogen-bond donors (Lipinski definition) is 1. The fraction of sp³-hybridized carbons (Fsp3) is 0.0909. The molecule has 0 atom stereocenters. The van der Waals surface area contributed by atoms with Crippen LogP contribution in [0.4, 0.5) is 8.78 Å². The van der Waals surface area contributed by atoms with Crippen LogP contribution in [0, 0.1) is 29.9 Å². The molecule has 7 nitrogen and oxygen atoms in total. The SMILES string of the molecule is Cc1nn(-c2cc(F)c(C#N)cc2F)c(=O)n(N)c1=O. The highest BCUT2D eigenvalue weighted by molar-refractivity contribution is 5.41. The predicted molar refractivity (Wildman–Crippen MR) is 63.6 cm³/mol. The van der Waals surface area contributed by atoms with Gasteiger partial charge in [0.1, 0.15) is 23.3 Å². The van der Waals surface area contributed by atoms with E-state index in [1.807, 2.05) is 0 Å². The minimum Gasteiger partial charge on any atom is -0.332 e. The highest BCUT2D eigenvalue weighted by Crippen LogP contribution is 2.16. The summed E-state index contributed by atoms with van der Waals surface area (Å²) < 4.78 is 28.0. The van der Waals surface area contributed by atoms with Crippen LogP contribution in [-0.4, -0.2) is 14.5 Å². The van der Waals surface area contributed by atoms with E-state index in [1.165, 1.54) is 13.0 Å². The fourth-order valence-electron chi connectivity index (χ4n) is 1.54. The molecular formula is C11H7F2N5O2. The molecule has 0 saturated heterocycles. The third-order valence-corrected chi connectivity index (χ3v) is 2.55. The first kappa shape index (κ1) is 13.4. The van der Waals surface area contributed by atoms with Crippen LogP contribution in [0.1, 0.15) is 11.3 Å². The van der Waals surface area contributed by atoms with Gasteiger partial charge >= 0.3 is 5.69 Å². The van der Waals surface area contributed by atoms with Gasteiger partial charge in [0.15, 0.2) is 5.82 Å². The summed E-state index contributed by atoms with van der Waals surface area (Å²) in [6.07, 6.45) is 0. The number of halogens is 2. The van der Waals surface area contributed by atoms with Crippen molar-refractivity contribution in [1.29, 1.82) is 5.26 Å². The van der Waals surface area contributed by atoms with Crippen molar-refractivity contribution in [3.63, 3.8) is 0 Å². The summed E-state index contributed by atoms with van der Waals surface area (Å²) in [6.45, 7) is 1.26. The minimum absolute atomic E-state index is 0.170. The normalized spacial score (nSPS) is 10.3. The van der Waals surface area contributed by atoms with Crippen molar-refractivity contribution in [3.05, 3.63) is 55.9 Å². The molecule has 0 aliphatic heterocycles. The quantitative estimate of drug-likeness (QED) is 0.712. The molecular weight excluding hydrogens is 272 g/mol. The molecule has 0 amide bonds. The fourth-order valence-corrected chi connectivity index (χ4v) is 1.54. The van der Waals surface area contributed by atoms with E-state index in [9.17, 15) is 18.4 Å². The Labute approximate surface area is 110 Å². The van der Waals surface area contributed by atoms with Gasteiger partial charge in [-0.15, -0.1) is 0 Å². The van der Waals surface area contributed by atoms with Crippen molar-refractivity contribution >= 4 is 0 Å². The molecule has 0 saturated carbocycles. The van der Waals surface area contributed by atoms with Crippen LogP contribution < -0.4 is 17.1 Å². The molecule has 0 aliphatic carbocycles. The Kier molecular flexibility index (Phi) is 3.07. The first-order chi connectivity index (χ1) is 9.36. The monoisotopic (exact) mass is 279 g/mol. The highest BCUT2D eigenvalue weighted by atomic mass is 19.1. The maximum atomic E-state index is 13.8. The number of nitrogens with zero attached hydrogens (tertiary/aromatic N) is 4. The van der Waals surface area contributed by atoms with Crippen molar-refractivity contribution in [2.45, 2.75) is 6.92 Å². The van der Waals surface area contributed by atoms with Gasteiger partial charge in [0.2, 0.25) is 0 Å². The zero-order valence-corrected chi connectivity index (χ0v) is 10.1. The van der Waals surface area contributed by atoms with Gasteiger partial charge in [-0.25, -0.2) is 13.6 Å². The van der Waals surface area contributed by atoms with Gasteiger partial charge < -0.3 is 5.84 Å². The van der Waals surface area contributed by atoms with E-state index < -0.39 is 34.1 Å². The Bertz CT molecular complexity index is 863. The maximum Gasteiger partial charge on any atom is 0.371 e. The lowest BCUT2D eigenvalue weighted by Gasteiger charge is -2.08. The van der Waals surface area contributed by atoms with Crippen LogP contribution in [0.2, 0.25) is 0 Å². The van der Waals surface area contributed by atoms with Crippen LogP contribution in [0.5, 0.6) is 0 Å².